The third kappa shape index (κ3) is 5.98. The van der Waals surface area contributed by atoms with Gasteiger partial charge in [-0.05, 0) is 23.6 Å². The van der Waals surface area contributed by atoms with E-state index in [2.05, 4.69) is 19.2 Å². The van der Waals surface area contributed by atoms with Crippen LogP contribution in [0.15, 0.2) is 18.2 Å². The minimum Gasteiger partial charge on any atom is -0.355 e. The van der Waals surface area contributed by atoms with E-state index in [1.807, 2.05) is 12.1 Å². The summed E-state index contributed by atoms with van der Waals surface area (Å²) in [5.74, 6) is 1.71. The van der Waals surface area contributed by atoms with E-state index >= 15 is 0 Å². The molecule has 0 heterocycles. The SMILES string of the molecule is CC(C)CNC(=O)CSCc1ccc(Cl)cc1Cl. The van der Waals surface area contributed by atoms with Crippen LogP contribution in [-0.4, -0.2) is 18.2 Å². The maximum absolute atomic E-state index is 11.5. The van der Waals surface area contributed by atoms with Crippen molar-refractivity contribution in [3.05, 3.63) is 33.8 Å². The fraction of sp³-hybridized carbons (Fsp3) is 0.462. The monoisotopic (exact) mass is 305 g/mol. The zero-order chi connectivity index (χ0) is 13.5. The first-order valence-corrected chi connectivity index (χ1v) is 7.68. The second-order valence-corrected chi connectivity index (χ2v) is 6.26. The first-order chi connectivity index (χ1) is 8.49. The molecule has 5 heteroatoms. The molecule has 1 N–H and O–H groups in total. The van der Waals surface area contributed by atoms with E-state index in [9.17, 15) is 4.79 Å². The second-order valence-electron chi connectivity index (χ2n) is 4.43. The van der Waals surface area contributed by atoms with Gasteiger partial charge in [0.15, 0.2) is 0 Å². The number of halogens is 2. The van der Waals surface area contributed by atoms with Gasteiger partial charge in [0, 0.05) is 22.3 Å². The molecule has 1 amide bonds. The minimum absolute atomic E-state index is 0.0683. The molecule has 0 atom stereocenters. The van der Waals surface area contributed by atoms with Gasteiger partial charge in [-0.3, -0.25) is 4.79 Å². The van der Waals surface area contributed by atoms with Crippen LogP contribution in [0, 0.1) is 5.92 Å². The van der Waals surface area contributed by atoms with Crippen LogP contribution in [0.5, 0.6) is 0 Å². The maximum Gasteiger partial charge on any atom is 0.230 e. The third-order valence-electron chi connectivity index (χ3n) is 2.21. The Morgan fingerprint density at radius 2 is 2.11 bits per heavy atom. The molecule has 0 spiro atoms. The largest absolute Gasteiger partial charge is 0.355 e. The number of thioether (sulfide) groups is 1. The topological polar surface area (TPSA) is 29.1 Å². The molecule has 0 aromatic heterocycles. The van der Waals surface area contributed by atoms with Gasteiger partial charge in [0.1, 0.15) is 0 Å². The average molecular weight is 306 g/mol. The maximum atomic E-state index is 11.5. The van der Waals surface area contributed by atoms with E-state index in [0.29, 0.717) is 27.5 Å². The normalized spacial score (nSPS) is 10.7. The summed E-state index contributed by atoms with van der Waals surface area (Å²) in [6, 6.07) is 5.42. The van der Waals surface area contributed by atoms with Crippen molar-refractivity contribution in [1.82, 2.24) is 5.32 Å². The van der Waals surface area contributed by atoms with Crippen molar-refractivity contribution in [1.29, 1.82) is 0 Å². The predicted octanol–water partition coefficient (Wildman–Crippen LogP) is 4.00. The molecule has 100 valence electrons. The smallest absolute Gasteiger partial charge is 0.230 e. The summed E-state index contributed by atoms with van der Waals surface area (Å²) >= 11 is 13.4. The fourth-order valence-corrected chi connectivity index (χ4v) is 2.68. The van der Waals surface area contributed by atoms with Gasteiger partial charge in [0.2, 0.25) is 5.91 Å². The highest BCUT2D eigenvalue weighted by Gasteiger charge is 2.05. The molecule has 0 unspecified atom stereocenters. The van der Waals surface area contributed by atoms with E-state index in [1.54, 1.807) is 17.8 Å². The summed E-state index contributed by atoms with van der Waals surface area (Å²) in [5.41, 5.74) is 1.00. The molecular formula is C13H17Cl2NOS. The summed E-state index contributed by atoms with van der Waals surface area (Å²) in [6.07, 6.45) is 0. The molecule has 2 nitrogen and oxygen atoms in total. The van der Waals surface area contributed by atoms with Gasteiger partial charge in [-0.25, -0.2) is 0 Å². The van der Waals surface area contributed by atoms with Crippen molar-refractivity contribution in [3.8, 4) is 0 Å². The Balaban J connectivity index is 2.31. The van der Waals surface area contributed by atoms with Crippen LogP contribution in [0.2, 0.25) is 10.0 Å². The van der Waals surface area contributed by atoms with Crippen LogP contribution in [0.4, 0.5) is 0 Å². The van der Waals surface area contributed by atoms with Crippen LogP contribution < -0.4 is 5.32 Å². The highest BCUT2D eigenvalue weighted by atomic mass is 35.5. The van der Waals surface area contributed by atoms with E-state index < -0.39 is 0 Å². The van der Waals surface area contributed by atoms with Crippen LogP contribution in [0.25, 0.3) is 0 Å². The molecule has 0 saturated heterocycles. The molecule has 1 aromatic carbocycles. The van der Waals surface area contributed by atoms with Crippen molar-refractivity contribution < 1.29 is 4.79 Å². The van der Waals surface area contributed by atoms with Gasteiger partial charge in [0.25, 0.3) is 0 Å². The summed E-state index contributed by atoms with van der Waals surface area (Å²) in [7, 11) is 0. The number of hydrogen-bond donors (Lipinski definition) is 1. The molecule has 0 aliphatic carbocycles. The minimum atomic E-state index is 0.0683. The Hall–Kier alpha value is -0.380. The number of carbonyl (C=O) groups excluding carboxylic acids is 1. The van der Waals surface area contributed by atoms with Gasteiger partial charge < -0.3 is 5.32 Å². The lowest BCUT2D eigenvalue weighted by molar-refractivity contribution is -0.118. The van der Waals surface area contributed by atoms with E-state index in [0.717, 1.165) is 12.1 Å². The van der Waals surface area contributed by atoms with Gasteiger partial charge in [0.05, 0.1) is 5.75 Å². The Labute approximate surface area is 122 Å². The number of amides is 1. The second kappa shape index (κ2) is 7.93. The summed E-state index contributed by atoms with van der Waals surface area (Å²) in [4.78, 5) is 11.5. The summed E-state index contributed by atoms with van der Waals surface area (Å²) < 4.78 is 0. The molecule has 0 aliphatic heterocycles. The van der Waals surface area contributed by atoms with Crippen LogP contribution in [-0.2, 0) is 10.5 Å². The molecule has 1 rings (SSSR count). The Kier molecular flexibility index (Phi) is 6.90. The predicted molar refractivity (Wildman–Crippen MR) is 80.5 cm³/mol. The van der Waals surface area contributed by atoms with Crippen molar-refractivity contribution >= 4 is 40.9 Å². The molecule has 0 bridgehead atoms. The highest BCUT2D eigenvalue weighted by Crippen LogP contribution is 2.24. The number of carbonyl (C=O) groups is 1. The molecule has 0 saturated carbocycles. The Morgan fingerprint density at radius 3 is 2.72 bits per heavy atom. The van der Waals surface area contributed by atoms with Gasteiger partial charge >= 0.3 is 0 Å². The first-order valence-electron chi connectivity index (χ1n) is 5.77. The molecule has 0 fully saturated rings. The van der Waals surface area contributed by atoms with Gasteiger partial charge in [-0.2, -0.15) is 0 Å². The van der Waals surface area contributed by atoms with Crippen LogP contribution in [0.1, 0.15) is 19.4 Å². The molecular weight excluding hydrogens is 289 g/mol. The number of hydrogen-bond acceptors (Lipinski definition) is 2. The van der Waals surface area contributed by atoms with E-state index in [1.165, 1.54) is 0 Å². The standard InChI is InChI=1S/C13H17Cl2NOS/c1-9(2)6-16-13(17)8-18-7-10-3-4-11(14)5-12(10)15/h3-5,9H,6-8H2,1-2H3,(H,16,17). The van der Waals surface area contributed by atoms with Gasteiger partial charge in [-0.1, -0.05) is 43.1 Å². The first kappa shape index (κ1) is 15.7. The Morgan fingerprint density at radius 1 is 1.39 bits per heavy atom. The lowest BCUT2D eigenvalue weighted by Gasteiger charge is -2.08. The molecule has 1 aromatic rings. The third-order valence-corrected chi connectivity index (χ3v) is 3.78. The lowest BCUT2D eigenvalue weighted by Crippen LogP contribution is -2.28. The Bertz CT molecular complexity index is 410. The number of rotatable bonds is 6. The fourth-order valence-electron chi connectivity index (χ4n) is 1.26. The average Bonchev–Trinajstić information content (AvgIpc) is 2.29. The molecule has 0 radical (unpaired) electrons. The van der Waals surface area contributed by atoms with Crippen molar-refractivity contribution in [2.45, 2.75) is 19.6 Å². The number of benzene rings is 1. The number of nitrogens with one attached hydrogen (secondary N) is 1. The van der Waals surface area contributed by atoms with E-state index in [4.69, 9.17) is 23.2 Å². The zero-order valence-corrected chi connectivity index (χ0v) is 12.8. The molecule has 0 aliphatic rings. The van der Waals surface area contributed by atoms with Crippen molar-refractivity contribution in [2.75, 3.05) is 12.3 Å². The van der Waals surface area contributed by atoms with Crippen LogP contribution >= 0.6 is 35.0 Å². The van der Waals surface area contributed by atoms with Gasteiger partial charge in [-0.15, -0.1) is 11.8 Å². The quantitative estimate of drug-likeness (QED) is 0.860. The lowest BCUT2D eigenvalue weighted by atomic mass is 10.2. The van der Waals surface area contributed by atoms with Crippen molar-refractivity contribution in [3.63, 3.8) is 0 Å². The van der Waals surface area contributed by atoms with Crippen molar-refractivity contribution in [2.24, 2.45) is 5.92 Å². The zero-order valence-electron chi connectivity index (χ0n) is 10.5. The summed E-state index contributed by atoms with van der Waals surface area (Å²) in [5, 5.41) is 4.16. The molecule has 18 heavy (non-hydrogen) atoms. The summed E-state index contributed by atoms with van der Waals surface area (Å²) in [6.45, 7) is 4.86. The van der Waals surface area contributed by atoms with E-state index in [-0.39, 0.29) is 5.91 Å². The highest BCUT2D eigenvalue weighted by molar-refractivity contribution is 7.99. The van der Waals surface area contributed by atoms with Crippen LogP contribution in [0.3, 0.4) is 0 Å².